The number of carbonyl (C=O) groups excluding carboxylic acids is 2. The van der Waals surface area contributed by atoms with Crippen LogP contribution in [-0.4, -0.2) is 67.9 Å². The molecule has 9 heteroatoms. The van der Waals surface area contributed by atoms with Gasteiger partial charge in [-0.1, -0.05) is 0 Å². The van der Waals surface area contributed by atoms with Crippen LogP contribution in [0.25, 0.3) is 43.9 Å². The lowest BCUT2D eigenvalue weighted by Gasteiger charge is -2.34. The highest BCUT2D eigenvalue weighted by atomic mass is 16.2. The van der Waals surface area contributed by atoms with Crippen molar-refractivity contribution in [2.75, 3.05) is 31.5 Å². The molecule has 0 spiro atoms. The third kappa shape index (κ3) is 4.13. The van der Waals surface area contributed by atoms with Crippen LogP contribution < -0.4 is 5.32 Å². The van der Waals surface area contributed by atoms with Crippen LogP contribution in [0.1, 0.15) is 26.7 Å². The van der Waals surface area contributed by atoms with Crippen molar-refractivity contribution < 1.29 is 9.59 Å². The quantitative estimate of drug-likeness (QED) is 0.271. The minimum atomic E-state index is -0.207. The number of urea groups is 1. The number of piperidine rings is 1. The Kier molecular flexibility index (Phi) is 6.19. The molecule has 3 aromatic heterocycles. The summed E-state index contributed by atoms with van der Waals surface area (Å²) in [5.41, 5.74) is 5.15. The van der Waals surface area contributed by atoms with Crippen LogP contribution in [0.3, 0.4) is 0 Å². The number of pyridine rings is 2. The van der Waals surface area contributed by atoms with Crippen LogP contribution in [0, 0.1) is 5.92 Å². The lowest BCUT2D eigenvalue weighted by atomic mass is 9.96. The van der Waals surface area contributed by atoms with Crippen LogP contribution >= 0.6 is 0 Å². The molecule has 4 heterocycles. The Hall–Kier alpha value is -4.40. The summed E-state index contributed by atoms with van der Waals surface area (Å²) in [7, 11) is 0. The van der Waals surface area contributed by atoms with E-state index in [0.717, 1.165) is 51.2 Å². The first kappa shape index (κ1) is 24.0. The van der Waals surface area contributed by atoms with Gasteiger partial charge in [-0.2, -0.15) is 0 Å². The van der Waals surface area contributed by atoms with Crippen molar-refractivity contribution in [2.24, 2.45) is 5.92 Å². The average Bonchev–Trinajstić information content (AvgIpc) is 2.97. The van der Waals surface area contributed by atoms with Gasteiger partial charge in [-0.3, -0.25) is 14.8 Å². The standard InChI is InChI=1S/C29H29N7O2/c1-3-35(4-2)28(37)18-8-7-15-36(17-18)29(38)32-19-11-12-22-23(16-19)34-27-21-10-6-14-31-25(21)24-20(26(27)33-22)9-5-13-30-24/h5-6,9-14,16,18H,3-4,7-8,15,17H2,1-2H3,(H,32,38)/t18-/m0/s1. The van der Waals surface area contributed by atoms with Gasteiger partial charge in [0.1, 0.15) is 0 Å². The molecular formula is C29H29N7O2. The molecule has 1 N–H and O–H groups in total. The van der Waals surface area contributed by atoms with Crippen molar-refractivity contribution in [1.82, 2.24) is 29.7 Å². The number of aromatic nitrogens is 4. The van der Waals surface area contributed by atoms with E-state index < -0.39 is 0 Å². The molecule has 1 aliphatic rings. The number of nitrogens with zero attached hydrogens (tertiary/aromatic N) is 6. The molecule has 192 valence electrons. The Labute approximate surface area is 219 Å². The Morgan fingerprint density at radius 2 is 1.58 bits per heavy atom. The van der Waals surface area contributed by atoms with Gasteiger partial charge in [-0.05, 0) is 69.2 Å². The number of fused-ring (bicyclic) bond motifs is 7. The highest BCUT2D eigenvalue weighted by Crippen LogP contribution is 2.32. The molecule has 6 rings (SSSR count). The largest absolute Gasteiger partial charge is 0.343 e. The van der Waals surface area contributed by atoms with Gasteiger partial charge >= 0.3 is 6.03 Å². The molecule has 0 bridgehead atoms. The predicted molar refractivity (Wildman–Crippen MR) is 149 cm³/mol. The number of carbonyl (C=O) groups is 2. The van der Waals surface area contributed by atoms with E-state index >= 15 is 0 Å². The van der Waals surface area contributed by atoms with Crippen molar-refractivity contribution >= 4 is 61.5 Å². The lowest BCUT2D eigenvalue weighted by Crippen LogP contribution is -2.47. The minimum Gasteiger partial charge on any atom is -0.343 e. The van der Waals surface area contributed by atoms with Gasteiger partial charge in [0.2, 0.25) is 5.91 Å². The zero-order chi connectivity index (χ0) is 26.2. The first-order valence-corrected chi connectivity index (χ1v) is 13.1. The fourth-order valence-electron chi connectivity index (χ4n) is 5.44. The molecule has 0 saturated carbocycles. The number of hydrogen-bond donors (Lipinski definition) is 1. The first-order valence-electron chi connectivity index (χ1n) is 13.1. The molecule has 1 atom stereocenters. The summed E-state index contributed by atoms with van der Waals surface area (Å²) in [6.07, 6.45) is 5.13. The monoisotopic (exact) mass is 507 g/mol. The molecule has 0 unspecified atom stereocenters. The fraction of sp³-hybridized carbons (Fsp3) is 0.310. The van der Waals surface area contributed by atoms with Crippen LogP contribution in [0.4, 0.5) is 10.5 Å². The van der Waals surface area contributed by atoms with E-state index in [1.807, 2.05) is 61.2 Å². The van der Waals surface area contributed by atoms with Gasteiger partial charge in [-0.25, -0.2) is 14.8 Å². The van der Waals surface area contributed by atoms with Gasteiger partial charge in [0, 0.05) is 55.0 Å². The molecule has 0 aliphatic carbocycles. The van der Waals surface area contributed by atoms with Gasteiger partial charge in [-0.15, -0.1) is 0 Å². The maximum Gasteiger partial charge on any atom is 0.321 e. The molecule has 1 aliphatic heterocycles. The number of rotatable bonds is 4. The molecule has 3 amide bonds. The van der Waals surface area contributed by atoms with Crippen molar-refractivity contribution in [3.63, 3.8) is 0 Å². The van der Waals surface area contributed by atoms with Crippen molar-refractivity contribution in [3.8, 4) is 0 Å². The van der Waals surface area contributed by atoms with Crippen LogP contribution in [0.5, 0.6) is 0 Å². The minimum absolute atomic E-state index is 0.129. The third-order valence-electron chi connectivity index (χ3n) is 7.40. The summed E-state index contributed by atoms with van der Waals surface area (Å²) >= 11 is 0. The second-order valence-electron chi connectivity index (χ2n) is 9.65. The maximum atomic E-state index is 13.2. The highest BCUT2D eigenvalue weighted by Gasteiger charge is 2.30. The number of likely N-dealkylation sites (tertiary alicyclic amines) is 1. The van der Waals surface area contributed by atoms with Crippen LogP contribution in [0.15, 0.2) is 54.9 Å². The lowest BCUT2D eigenvalue weighted by molar-refractivity contribution is -0.136. The van der Waals surface area contributed by atoms with Gasteiger partial charge < -0.3 is 15.1 Å². The highest BCUT2D eigenvalue weighted by molar-refractivity contribution is 6.21. The second-order valence-corrected chi connectivity index (χ2v) is 9.65. The smallest absolute Gasteiger partial charge is 0.321 e. The zero-order valence-electron chi connectivity index (χ0n) is 21.5. The summed E-state index contributed by atoms with van der Waals surface area (Å²) in [5.74, 6) is -0.0285. The Bertz CT molecular complexity index is 1700. The SMILES string of the molecule is CCN(CC)C(=O)[C@H]1CCCN(C(=O)Nc2ccc3nc4c5cccnc5c5ncccc5c4nc3c2)C1. The van der Waals surface area contributed by atoms with Crippen molar-refractivity contribution in [1.29, 1.82) is 0 Å². The fourth-order valence-corrected chi connectivity index (χ4v) is 5.44. The van der Waals surface area contributed by atoms with E-state index in [2.05, 4.69) is 15.3 Å². The van der Waals surface area contributed by atoms with E-state index in [-0.39, 0.29) is 17.9 Å². The Morgan fingerprint density at radius 3 is 2.24 bits per heavy atom. The van der Waals surface area contributed by atoms with E-state index in [9.17, 15) is 9.59 Å². The molecule has 2 aromatic carbocycles. The molecular weight excluding hydrogens is 478 g/mol. The molecule has 9 nitrogen and oxygen atoms in total. The molecule has 0 radical (unpaired) electrons. The van der Waals surface area contributed by atoms with E-state index in [1.165, 1.54) is 0 Å². The summed E-state index contributed by atoms with van der Waals surface area (Å²) in [6, 6.07) is 13.1. The molecule has 38 heavy (non-hydrogen) atoms. The Balaban J connectivity index is 1.32. The average molecular weight is 508 g/mol. The van der Waals surface area contributed by atoms with Crippen LogP contribution in [-0.2, 0) is 4.79 Å². The summed E-state index contributed by atoms with van der Waals surface area (Å²) < 4.78 is 0. The number of hydrogen-bond acceptors (Lipinski definition) is 6. The number of amides is 3. The van der Waals surface area contributed by atoms with Crippen molar-refractivity contribution in [3.05, 3.63) is 54.9 Å². The summed E-state index contributed by atoms with van der Waals surface area (Å²) in [4.78, 5) is 48.6. The summed E-state index contributed by atoms with van der Waals surface area (Å²) in [5, 5.41) is 4.79. The van der Waals surface area contributed by atoms with E-state index in [1.54, 1.807) is 17.3 Å². The number of benzene rings is 2. The second kappa shape index (κ2) is 9.81. The molecule has 1 saturated heterocycles. The van der Waals surface area contributed by atoms with Gasteiger partial charge in [0.25, 0.3) is 0 Å². The Morgan fingerprint density at radius 1 is 0.921 bits per heavy atom. The molecule has 5 aromatic rings. The van der Waals surface area contributed by atoms with Gasteiger partial charge in [0.15, 0.2) is 0 Å². The molecule has 1 fully saturated rings. The normalized spacial score (nSPS) is 15.8. The predicted octanol–water partition coefficient (Wildman–Crippen LogP) is 4.99. The van der Waals surface area contributed by atoms with Crippen molar-refractivity contribution in [2.45, 2.75) is 26.7 Å². The third-order valence-corrected chi connectivity index (χ3v) is 7.40. The first-order chi connectivity index (χ1) is 18.6. The van der Waals surface area contributed by atoms with E-state index in [4.69, 9.17) is 9.97 Å². The maximum absolute atomic E-state index is 13.2. The summed E-state index contributed by atoms with van der Waals surface area (Å²) in [6.45, 7) is 6.40. The topological polar surface area (TPSA) is 104 Å². The number of anilines is 1. The van der Waals surface area contributed by atoms with E-state index in [0.29, 0.717) is 37.4 Å². The van der Waals surface area contributed by atoms with Crippen LogP contribution in [0.2, 0.25) is 0 Å². The number of nitrogens with one attached hydrogen (secondary N) is 1. The van der Waals surface area contributed by atoms with Gasteiger partial charge in [0.05, 0.1) is 39.0 Å². The zero-order valence-corrected chi connectivity index (χ0v) is 21.5.